The van der Waals surface area contributed by atoms with E-state index >= 15 is 0 Å². The van der Waals surface area contributed by atoms with Gasteiger partial charge in [-0.15, -0.1) is 0 Å². The van der Waals surface area contributed by atoms with Crippen LogP contribution in [0.2, 0.25) is 5.02 Å². The van der Waals surface area contributed by atoms with Crippen LogP contribution >= 0.6 is 11.6 Å². The second-order valence-corrected chi connectivity index (χ2v) is 5.25. The second-order valence-electron chi connectivity index (χ2n) is 4.84. The van der Waals surface area contributed by atoms with Gasteiger partial charge in [-0.05, 0) is 32.4 Å². The molecule has 5 heteroatoms. The largest absolute Gasteiger partial charge is 0.303 e. The van der Waals surface area contributed by atoms with Crippen LogP contribution in [-0.4, -0.2) is 14.8 Å². The summed E-state index contributed by atoms with van der Waals surface area (Å²) < 4.78 is 1.92. The Morgan fingerprint density at radius 2 is 2.00 bits per heavy atom. The van der Waals surface area contributed by atoms with Gasteiger partial charge in [-0.1, -0.05) is 29.8 Å². The number of halogens is 1. The van der Waals surface area contributed by atoms with E-state index < -0.39 is 0 Å². The van der Waals surface area contributed by atoms with Gasteiger partial charge in [0.2, 0.25) is 0 Å². The van der Waals surface area contributed by atoms with Crippen LogP contribution in [-0.2, 0) is 6.54 Å². The Bertz CT molecular complexity index is 536. The number of benzene rings is 1. The van der Waals surface area contributed by atoms with Crippen molar-refractivity contribution in [3.63, 3.8) is 0 Å². The molecule has 0 aliphatic heterocycles. The normalized spacial score (nSPS) is 12.9. The second kappa shape index (κ2) is 6.17. The van der Waals surface area contributed by atoms with E-state index in [1.807, 2.05) is 28.9 Å². The molecule has 102 valence electrons. The Kier molecular flexibility index (Phi) is 4.56. The third-order valence-corrected chi connectivity index (χ3v) is 3.42. The van der Waals surface area contributed by atoms with Crippen molar-refractivity contribution in [3.05, 3.63) is 47.0 Å². The minimum Gasteiger partial charge on any atom is -0.303 e. The molecule has 0 aliphatic rings. The molecule has 0 spiro atoms. The minimum absolute atomic E-state index is 0.172. The standard InChI is InChI=1S/C14H19ClN4/c1-10(2)19-14(17-9-18-19)8-16-11(3)12-6-4-5-7-13(12)15/h4-7,9-11,16H,8H2,1-3H3/t11-/m1/s1. The monoisotopic (exact) mass is 278 g/mol. The maximum absolute atomic E-state index is 6.19. The summed E-state index contributed by atoms with van der Waals surface area (Å²) in [6.45, 7) is 6.95. The van der Waals surface area contributed by atoms with Crippen molar-refractivity contribution in [1.82, 2.24) is 20.1 Å². The molecule has 0 saturated carbocycles. The average Bonchev–Trinajstić information content (AvgIpc) is 2.85. The molecular weight excluding hydrogens is 260 g/mol. The summed E-state index contributed by atoms with van der Waals surface area (Å²) in [7, 11) is 0. The minimum atomic E-state index is 0.172. The van der Waals surface area contributed by atoms with E-state index in [1.54, 1.807) is 6.33 Å². The SMILES string of the molecule is CC(C)n1ncnc1CN[C@H](C)c1ccccc1Cl. The summed E-state index contributed by atoms with van der Waals surface area (Å²) in [6.07, 6.45) is 1.59. The maximum Gasteiger partial charge on any atom is 0.141 e. The fourth-order valence-corrected chi connectivity index (χ4v) is 2.31. The first-order chi connectivity index (χ1) is 9.09. The van der Waals surface area contributed by atoms with Gasteiger partial charge < -0.3 is 5.32 Å². The van der Waals surface area contributed by atoms with Gasteiger partial charge in [-0.25, -0.2) is 9.67 Å². The zero-order chi connectivity index (χ0) is 13.8. The van der Waals surface area contributed by atoms with E-state index in [0.717, 1.165) is 16.4 Å². The predicted octanol–water partition coefficient (Wildman–Crippen LogP) is 3.36. The van der Waals surface area contributed by atoms with Gasteiger partial charge in [0, 0.05) is 17.1 Å². The number of aromatic nitrogens is 3. The number of hydrogen-bond donors (Lipinski definition) is 1. The highest BCUT2D eigenvalue weighted by Crippen LogP contribution is 2.22. The van der Waals surface area contributed by atoms with Gasteiger partial charge in [0.25, 0.3) is 0 Å². The summed E-state index contributed by atoms with van der Waals surface area (Å²) in [5.41, 5.74) is 1.10. The first-order valence-electron chi connectivity index (χ1n) is 6.45. The zero-order valence-electron chi connectivity index (χ0n) is 11.5. The van der Waals surface area contributed by atoms with Crippen LogP contribution in [0.3, 0.4) is 0 Å². The lowest BCUT2D eigenvalue weighted by Gasteiger charge is -2.16. The molecule has 0 unspecified atom stereocenters. The highest BCUT2D eigenvalue weighted by molar-refractivity contribution is 6.31. The summed E-state index contributed by atoms with van der Waals surface area (Å²) in [5, 5.41) is 8.44. The molecule has 1 heterocycles. The van der Waals surface area contributed by atoms with Crippen molar-refractivity contribution in [2.45, 2.75) is 39.4 Å². The van der Waals surface area contributed by atoms with Gasteiger partial charge >= 0.3 is 0 Å². The summed E-state index contributed by atoms with van der Waals surface area (Å²) >= 11 is 6.19. The van der Waals surface area contributed by atoms with E-state index in [2.05, 4.69) is 36.2 Å². The predicted molar refractivity (Wildman–Crippen MR) is 77.1 cm³/mol. The third kappa shape index (κ3) is 3.33. The lowest BCUT2D eigenvalue weighted by atomic mass is 10.1. The molecule has 2 rings (SSSR count). The topological polar surface area (TPSA) is 42.7 Å². The molecule has 19 heavy (non-hydrogen) atoms. The highest BCUT2D eigenvalue weighted by Gasteiger charge is 2.11. The van der Waals surface area contributed by atoms with Crippen LogP contribution in [0.4, 0.5) is 0 Å². The molecule has 0 bridgehead atoms. The molecular formula is C14H19ClN4. The molecule has 0 fully saturated rings. The van der Waals surface area contributed by atoms with Crippen LogP contribution in [0.25, 0.3) is 0 Å². The Morgan fingerprint density at radius 1 is 1.26 bits per heavy atom. The van der Waals surface area contributed by atoms with Gasteiger partial charge in [0.05, 0.1) is 6.54 Å². The molecule has 0 radical (unpaired) electrons. The molecule has 1 aromatic carbocycles. The van der Waals surface area contributed by atoms with Crippen LogP contribution < -0.4 is 5.32 Å². The molecule has 1 aromatic heterocycles. The summed E-state index contributed by atoms with van der Waals surface area (Å²) in [4.78, 5) is 4.28. The smallest absolute Gasteiger partial charge is 0.141 e. The van der Waals surface area contributed by atoms with Crippen LogP contribution in [0.15, 0.2) is 30.6 Å². The number of nitrogens with zero attached hydrogens (tertiary/aromatic N) is 3. The van der Waals surface area contributed by atoms with Crippen molar-refractivity contribution in [1.29, 1.82) is 0 Å². The number of hydrogen-bond acceptors (Lipinski definition) is 3. The fraction of sp³-hybridized carbons (Fsp3) is 0.429. The quantitative estimate of drug-likeness (QED) is 0.912. The third-order valence-electron chi connectivity index (χ3n) is 3.07. The lowest BCUT2D eigenvalue weighted by Crippen LogP contribution is -2.22. The molecule has 0 amide bonds. The van der Waals surface area contributed by atoms with E-state index in [0.29, 0.717) is 12.6 Å². The van der Waals surface area contributed by atoms with Gasteiger partial charge in [0.1, 0.15) is 12.2 Å². The van der Waals surface area contributed by atoms with E-state index in [4.69, 9.17) is 11.6 Å². The number of nitrogens with one attached hydrogen (secondary N) is 1. The van der Waals surface area contributed by atoms with Crippen LogP contribution in [0.1, 0.15) is 44.2 Å². The summed E-state index contributed by atoms with van der Waals surface area (Å²) in [6, 6.07) is 8.36. The molecule has 0 saturated heterocycles. The van der Waals surface area contributed by atoms with E-state index in [1.165, 1.54) is 0 Å². The first-order valence-corrected chi connectivity index (χ1v) is 6.83. The first kappa shape index (κ1) is 14.0. The fourth-order valence-electron chi connectivity index (χ4n) is 2.01. The van der Waals surface area contributed by atoms with Crippen LogP contribution in [0.5, 0.6) is 0 Å². The van der Waals surface area contributed by atoms with Gasteiger partial charge in [-0.3, -0.25) is 0 Å². The van der Waals surface area contributed by atoms with Crippen molar-refractivity contribution in [3.8, 4) is 0 Å². The Labute approximate surface area is 118 Å². The van der Waals surface area contributed by atoms with Crippen molar-refractivity contribution < 1.29 is 0 Å². The zero-order valence-corrected chi connectivity index (χ0v) is 12.2. The van der Waals surface area contributed by atoms with E-state index in [9.17, 15) is 0 Å². The molecule has 4 nitrogen and oxygen atoms in total. The Hall–Kier alpha value is -1.39. The highest BCUT2D eigenvalue weighted by atomic mass is 35.5. The molecule has 1 N–H and O–H groups in total. The van der Waals surface area contributed by atoms with Gasteiger partial charge in [0.15, 0.2) is 0 Å². The van der Waals surface area contributed by atoms with Crippen molar-refractivity contribution >= 4 is 11.6 Å². The number of rotatable bonds is 5. The van der Waals surface area contributed by atoms with Crippen LogP contribution in [0, 0.1) is 0 Å². The maximum atomic E-state index is 6.19. The summed E-state index contributed by atoms with van der Waals surface area (Å²) in [5.74, 6) is 0.939. The molecule has 2 aromatic rings. The molecule has 1 atom stereocenters. The average molecular weight is 279 g/mol. The lowest BCUT2D eigenvalue weighted by molar-refractivity contribution is 0.473. The van der Waals surface area contributed by atoms with Gasteiger partial charge in [-0.2, -0.15) is 5.10 Å². The van der Waals surface area contributed by atoms with Crippen molar-refractivity contribution in [2.75, 3.05) is 0 Å². The Morgan fingerprint density at radius 3 is 2.68 bits per heavy atom. The molecule has 0 aliphatic carbocycles. The Balaban J connectivity index is 2.03. The van der Waals surface area contributed by atoms with Crippen molar-refractivity contribution in [2.24, 2.45) is 0 Å². The van der Waals surface area contributed by atoms with E-state index in [-0.39, 0.29) is 6.04 Å².